The average Bonchev–Trinajstić information content (AvgIpc) is 3.19. The first-order chi connectivity index (χ1) is 23.8. The van der Waals surface area contributed by atoms with Crippen LogP contribution in [-0.4, -0.2) is 15.8 Å². The molecule has 48 heavy (non-hydrogen) atoms. The lowest BCUT2D eigenvalue weighted by Crippen LogP contribution is -2.45. The first-order valence-corrected chi connectivity index (χ1v) is 16.2. The molecular weight excluding hydrogens is 587 g/mol. The summed E-state index contributed by atoms with van der Waals surface area (Å²) in [4.78, 5) is 14.5. The normalized spacial score (nSPS) is 15.7. The van der Waals surface area contributed by atoms with Gasteiger partial charge >= 0.3 is 0 Å². The van der Waals surface area contributed by atoms with E-state index in [4.69, 9.17) is 4.99 Å². The van der Waals surface area contributed by atoms with Crippen molar-refractivity contribution in [3.63, 3.8) is 0 Å². The molecule has 0 aliphatic carbocycles. The molecule has 8 rings (SSSR count). The third-order valence-corrected chi connectivity index (χ3v) is 8.63. The highest BCUT2D eigenvalue weighted by Crippen LogP contribution is 2.34. The molecular formula is C43H33N5. The molecule has 0 fully saturated rings. The Balaban J connectivity index is 1.25. The maximum Gasteiger partial charge on any atom is 0.131 e. The largest absolute Gasteiger partial charge is 0.350 e. The van der Waals surface area contributed by atoms with Gasteiger partial charge in [-0.15, -0.1) is 0 Å². The Morgan fingerprint density at radius 2 is 0.896 bits per heavy atom. The molecule has 5 nitrogen and oxygen atoms in total. The molecule has 1 aliphatic rings. The Morgan fingerprint density at radius 1 is 0.396 bits per heavy atom. The van der Waals surface area contributed by atoms with Crippen LogP contribution in [0.2, 0.25) is 0 Å². The van der Waals surface area contributed by atoms with Gasteiger partial charge in [0.15, 0.2) is 0 Å². The van der Waals surface area contributed by atoms with E-state index in [0.717, 1.165) is 67.3 Å². The minimum absolute atomic E-state index is 0.217. The van der Waals surface area contributed by atoms with Crippen molar-refractivity contribution >= 4 is 5.84 Å². The summed E-state index contributed by atoms with van der Waals surface area (Å²) in [5, 5.41) is 7.57. The lowest BCUT2D eigenvalue weighted by atomic mass is 9.94. The Labute approximate surface area is 280 Å². The van der Waals surface area contributed by atoms with Crippen LogP contribution in [0.4, 0.5) is 0 Å². The van der Waals surface area contributed by atoms with E-state index in [9.17, 15) is 0 Å². The van der Waals surface area contributed by atoms with Crippen LogP contribution in [0.25, 0.3) is 44.8 Å². The van der Waals surface area contributed by atoms with E-state index < -0.39 is 0 Å². The second kappa shape index (κ2) is 13.3. The van der Waals surface area contributed by atoms with Crippen LogP contribution < -0.4 is 10.6 Å². The van der Waals surface area contributed by atoms with Crippen molar-refractivity contribution in [1.29, 1.82) is 0 Å². The molecule has 1 aliphatic heterocycles. The van der Waals surface area contributed by atoms with Crippen LogP contribution in [0.1, 0.15) is 29.0 Å². The zero-order chi connectivity index (χ0) is 32.1. The van der Waals surface area contributed by atoms with Crippen molar-refractivity contribution in [2.45, 2.75) is 12.3 Å². The number of hydrogen-bond acceptors (Lipinski definition) is 5. The van der Waals surface area contributed by atoms with E-state index in [2.05, 4.69) is 148 Å². The molecule has 230 valence electrons. The van der Waals surface area contributed by atoms with Crippen molar-refractivity contribution in [2.24, 2.45) is 4.99 Å². The topological polar surface area (TPSA) is 62.2 Å². The molecule has 0 spiro atoms. The summed E-state index contributed by atoms with van der Waals surface area (Å²) in [6.45, 7) is 0. The molecule has 0 bridgehead atoms. The molecule has 3 heterocycles. The number of nitrogens with one attached hydrogen (secondary N) is 2. The minimum atomic E-state index is -0.325. The predicted octanol–water partition coefficient (Wildman–Crippen LogP) is 9.48. The highest BCUT2D eigenvalue weighted by Gasteiger charge is 2.27. The number of benzene rings is 5. The van der Waals surface area contributed by atoms with E-state index in [1.54, 1.807) is 0 Å². The van der Waals surface area contributed by atoms with Gasteiger partial charge in [0.2, 0.25) is 0 Å². The van der Waals surface area contributed by atoms with Crippen molar-refractivity contribution in [3.8, 4) is 44.8 Å². The molecule has 2 unspecified atom stereocenters. The van der Waals surface area contributed by atoms with Crippen molar-refractivity contribution < 1.29 is 0 Å². The van der Waals surface area contributed by atoms with E-state index in [-0.39, 0.29) is 12.3 Å². The Bertz CT molecular complexity index is 2120. The van der Waals surface area contributed by atoms with Gasteiger partial charge in [-0.2, -0.15) is 0 Å². The van der Waals surface area contributed by atoms with Gasteiger partial charge in [0.25, 0.3) is 0 Å². The second-order valence-electron chi connectivity index (χ2n) is 11.8. The average molecular weight is 620 g/mol. The molecule has 7 aromatic rings. The van der Waals surface area contributed by atoms with Crippen LogP contribution in [0.3, 0.4) is 0 Å². The van der Waals surface area contributed by atoms with E-state index in [0.29, 0.717) is 0 Å². The molecule has 0 radical (unpaired) electrons. The van der Waals surface area contributed by atoms with Crippen LogP contribution in [0, 0.1) is 0 Å². The zero-order valence-electron chi connectivity index (χ0n) is 26.2. The minimum Gasteiger partial charge on any atom is -0.350 e. The number of hydrogen-bond donors (Lipinski definition) is 2. The molecule has 0 amide bonds. The van der Waals surface area contributed by atoms with Crippen LogP contribution in [-0.2, 0) is 0 Å². The fourth-order valence-electron chi connectivity index (χ4n) is 6.22. The SMILES string of the molecule is c1ccc(-c2cc(-c3ccccc3)cc(C3N=C(c4cccc(-c5ccccn5)c4)NC(c4cccc(-c5ccccn5)c4)N3)c2)cc1. The Kier molecular flexibility index (Phi) is 8.09. The maximum atomic E-state index is 5.34. The lowest BCUT2D eigenvalue weighted by molar-refractivity contribution is 0.409. The van der Waals surface area contributed by atoms with Gasteiger partial charge in [-0.3, -0.25) is 15.3 Å². The number of aromatic nitrogens is 2. The van der Waals surface area contributed by atoms with E-state index >= 15 is 0 Å². The van der Waals surface area contributed by atoms with Crippen LogP contribution in [0.5, 0.6) is 0 Å². The van der Waals surface area contributed by atoms with Gasteiger partial charge in [0.1, 0.15) is 18.2 Å². The van der Waals surface area contributed by atoms with Gasteiger partial charge in [0, 0.05) is 29.1 Å². The number of amidine groups is 1. The predicted molar refractivity (Wildman–Crippen MR) is 195 cm³/mol. The van der Waals surface area contributed by atoms with Crippen molar-refractivity contribution in [1.82, 2.24) is 20.6 Å². The number of pyridine rings is 2. The van der Waals surface area contributed by atoms with Gasteiger partial charge in [-0.1, -0.05) is 109 Å². The molecule has 5 heteroatoms. The number of rotatable bonds is 7. The highest BCUT2D eigenvalue weighted by atomic mass is 15.3. The summed E-state index contributed by atoms with van der Waals surface area (Å²) in [6.07, 6.45) is 3.12. The van der Waals surface area contributed by atoms with E-state index in [1.807, 2.05) is 48.8 Å². The first kappa shape index (κ1) is 29.2. The van der Waals surface area contributed by atoms with Gasteiger partial charge in [-0.05, 0) is 88.0 Å². The molecule has 0 saturated carbocycles. The third-order valence-electron chi connectivity index (χ3n) is 8.63. The third kappa shape index (κ3) is 6.27. The molecule has 0 saturated heterocycles. The van der Waals surface area contributed by atoms with Crippen LogP contribution in [0.15, 0.2) is 181 Å². The second-order valence-corrected chi connectivity index (χ2v) is 11.8. The Hall–Kier alpha value is -6.17. The van der Waals surface area contributed by atoms with Gasteiger partial charge < -0.3 is 5.32 Å². The smallest absolute Gasteiger partial charge is 0.131 e. The Morgan fingerprint density at radius 3 is 1.50 bits per heavy atom. The fraction of sp³-hybridized carbons (Fsp3) is 0.0465. The van der Waals surface area contributed by atoms with Crippen molar-refractivity contribution in [2.75, 3.05) is 0 Å². The molecule has 2 aromatic heterocycles. The summed E-state index contributed by atoms with van der Waals surface area (Å²) in [6, 6.07) is 56.9. The molecule has 2 N–H and O–H groups in total. The fourth-order valence-corrected chi connectivity index (χ4v) is 6.22. The van der Waals surface area contributed by atoms with Gasteiger partial charge in [-0.25, -0.2) is 4.99 Å². The zero-order valence-corrected chi connectivity index (χ0v) is 26.2. The quantitative estimate of drug-likeness (QED) is 0.187. The summed E-state index contributed by atoms with van der Waals surface area (Å²) in [7, 11) is 0. The first-order valence-electron chi connectivity index (χ1n) is 16.2. The number of nitrogens with zero attached hydrogens (tertiary/aromatic N) is 3. The summed E-state index contributed by atoms with van der Waals surface area (Å²) in [5.41, 5.74) is 11.8. The standard InChI is InChI=1S/C43H33N5/c1-3-13-30(14-4-1)36-27-37(31-15-5-2-6-16-31)29-38(28-36)43-47-41(34-19-11-17-32(25-34)39-21-7-9-23-44-39)46-42(48-43)35-20-12-18-33(26-35)40-22-8-10-24-45-40/h1-29,41,43,47H,(H,46,48). The summed E-state index contributed by atoms with van der Waals surface area (Å²) < 4.78 is 0. The van der Waals surface area contributed by atoms with E-state index in [1.165, 1.54) is 0 Å². The summed E-state index contributed by atoms with van der Waals surface area (Å²) in [5.74, 6) is 0.816. The highest BCUT2D eigenvalue weighted by molar-refractivity contribution is 6.00. The van der Waals surface area contributed by atoms with Crippen molar-refractivity contribution in [3.05, 3.63) is 193 Å². The lowest BCUT2D eigenvalue weighted by Gasteiger charge is -2.33. The van der Waals surface area contributed by atoms with Crippen LogP contribution >= 0.6 is 0 Å². The monoisotopic (exact) mass is 619 g/mol. The maximum absolute atomic E-state index is 5.34. The number of aliphatic imine (C=N–C) groups is 1. The molecule has 2 atom stereocenters. The molecule has 5 aromatic carbocycles. The van der Waals surface area contributed by atoms with Gasteiger partial charge in [0.05, 0.1) is 11.4 Å². The summed E-state index contributed by atoms with van der Waals surface area (Å²) >= 11 is 0.